The van der Waals surface area contributed by atoms with Gasteiger partial charge in [0.15, 0.2) is 0 Å². The van der Waals surface area contributed by atoms with E-state index in [4.69, 9.17) is 4.74 Å². The third-order valence-corrected chi connectivity index (χ3v) is 4.91. The molecule has 1 saturated heterocycles. The molecule has 1 aliphatic heterocycles. The number of ether oxygens (including phenoxy) is 1. The first-order valence-corrected chi connectivity index (χ1v) is 7.66. The van der Waals surface area contributed by atoms with E-state index in [1.54, 1.807) is 0 Å². The molecule has 3 aliphatic rings. The van der Waals surface area contributed by atoms with Crippen molar-refractivity contribution in [1.82, 2.24) is 4.90 Å². The summed E-state index contributed by atoms with van der Waals surface area (Å²) in [4.78, 5) is 26.3. The normalized spacial score (nSPS) is 40.5. The van der Waals surface area contributed by atoms with Crippen LogP contribution in [0.5, 0.6) is 0 Å². The monoisotopic (exact) mass is 293 g/mol. The molecule has 0 radical (unpaired) electrons. The van der Waals surface area contributed by atoms with E-state index in [1.807, 2.05) is 37.8 Å². The van der Waals surface area contributed by atoms with Crippen LogP contribution < -0.4 is 0 Å². The fourth-order valence-corrected chi connectivity index (χ4v) is 4.33. The van der Waals surface area contributed by atoms with Crippen molar-refractivity contribution in [3.05, 3.63) is 12.2 Å². The largest absolute Gasteiger partial charge is 0.481 e. The summed E-state index contributed by atoms with van der Waals surface area (Å²) in [6.07, 6.45) is 4.78. The third kappa shape index (κ3) is 2.48. The van der Waals surface area contributed by atoms with Gasteiger partial charge in [0.25, 0.3) is 0 Å². The fourth-order valence-electron chi connectivity index (χ4n) is 4.33. The highest BCUT2D eigenvalue weighted by molar-refractivity contribution is 5.87. The molecule has 1 amide bonds. The maximum absolute atomic E-state index is 12.9. The molecule has 5 heteroatoms. The van der Waals surface area contributed by atoms with Crippen LogP contribution in [-0.4, -0.2) is 46.7 Å². The maximum Gasteiger partial charge on any atom is 0.307 e. The highest BCUT2D eigenvalue weighted by Crippen LogP contribution is 2.49. The SMILES string of the molecule is CC1CN(C(=O)C2C3C=CC(C3)C2C(=O)O)CC(C)(C)O1. The maximum atomic E-state index is 12.9. The predicted molar refractivity (Wildman–Crippen MR) is 76.6 cm³/mol. The summed E-state index contributed by atoms with van der Waals surface area (Å²) in [5.74, 6) is -1.71. The van der Waals surface area contributed by atoms with Crippen LogP contribution in [0.15, 0.2) is 12.2 Å². The third-order valence-electron chi connectivity index (χ3n) is 4.91. The van der Waals surface area contributed by atoms with Gasteiger partial charge in [0.1, 0.15) is 0 Å². The van der Waals surface area contributed by atoms with Crippen molar-refractivity contribution < 1.29 is 19.4 Å². The molecule has 0 spiro atoms. The van der Waals surface area contributed by atoms with Crippen molar-refractivity contribution in [2.75, 3.05) is 13.1 Å². The summed E-state index contributed by atoms with van der Waals surface area (Å²) in [6, 6.07) is 0. The Morgan fingerprint density at radius 2 is 1.86 bits per heavy atom. The number of rotatable bonds is 2. The second kappa shape index (κ2) is 4.83. The molecule has 5 nitrogen and oxygen atoms in total. The number of carbonyl (C=O) groups is 2. The Bertz CT molecular complexity index is 499. The van der Waals surface area contributed by atoms with Crippen molar-refractivity contribution in [3.63, 3.8) is 0 Å². The summed E-state index contributed by atoms with van der Waals surface area (Å²) in [7, 11) is 0. The van der Waals surface area contributed by atoms with Gasteiger partial charge >= 0.3 is 5.97 Å². The Balaban J connectivity index is 1.81. The van der Waals surface area contributed by atoms with Gasteiger partial charge in [-0.15, -0.1) is 0 Å². The first-order chi connectivity index (χ1) is 9.78. The fraction of sp³-hybridized carbons (Fsp3) is 0.750. The zero-order valence-electron chi connectivity index (χ0n) is 12.8. The Kier molecular flexibility index (Phi) is 3.35. The van der Waals surface area contributed by atoms with Gasteiger partial charge in [-0.25, -0.2) is 0 Å². The number of fused-ring (bicyclic) bond motifs is 2. The Labute approximate surface area is 124 Å². The summed E-state index contributed by atoms with van der Waals surface area (Å²) in [5, 5.41) is 9.48. The van der Waals surface area contributed by atoms with Crippen molar-refractivity contribution in [2.24, 2.45) is 23.7 Å². The van der Waals surface area contributed by atoms with E-state index < -0.39 is 17.8 Å². The van der Waals surface area contributed by atoms with Gasteiger partial charge in [0, 0.05) is 13.1 Å². The number of allylic oxidation sites excluding steroid dienone is 2. The molecule has 0 aromatic rings. The number of carboxylic acids is 1. The molecule has 21 heavy (non-hydrogen) atoms. The second-order valence-corrected chi connectivity index (χ2v) is 7.25. The molecular formula is C16H23NO4. The van der Waals surface area contributed by atoms with Gasteiger partial charge in [0.2, 0.25) is 5.91 Å². The van der Waals surface area contributed by atoms with Crippen molar-refractivity contribution in [1.29, 1.82) is 0 Å². The lowest BCUT2D eigenvalue weighted by Gasteiger charge is -2.43. The summed E-state index contributed by atoms with van der Waals surface area (Å²) >= 11 is 0. The zero-order chi connectivity index (χ0) is 15.4. The number of hydrogen-bond donors (Lipinski definition) is 1. The molecule has 0 aromatic carbocycles. The van der Waals surface area contributed by atoms with Crippen LogP contribution in [-0.2, 0) is 14.3 Å². The van der Waals surface area contributed by atoms with Crippen LogP contribution in [0, 0.1) is 23.7 Å². The zero-order valence-corrected chi connectivity index (χ0v) is 12.8. The van der Waals surface area contributed by atoms with Gasteiger partial charge in [0.05, 0.1) is 23.5 Å². The minimum Gasteiger partial charge on any atom is -0.481 e. The molecule has 116 valence electrons. The van der Waals surface area contributed by atoms with Crippen molar-refractivity contribution in [2.45, 2.75) is 38.9 Å². The van der Waals surface area contributed by atoms with Crippen LogP contribution in [0.25, 0.3) is 0 Å². The smallest absolute Gasteiger partial charge is 0.307 e. The van der Waals surface area contributed by atoms with Crippen molar-refractivity contribution in [3.8, 4) is 0 Å². The minimum absolute atomic E-state index is 0.0116. The number of aliphatic carboxylic acids is 1. The molecule has 1 N–H and O–H groups in total. The van der Waals surface area contributed by atoms with Gasteiger partial charge in [-0.3, -0.25) is 9.59 Å². The van der Waals surface area contributed by atoms with Gasteiger partial charge < -0.3 is 14.7 Å². The van der Waals surface area contributed by atoms with E-state index in [9.17, 15) is 14.7 Å². The molecule has 2 bridgehead atoms. The first kappa shape index (κ1) is 14.6. The molecular weight excluding hydrogens is 270 g/mol. The van der Waals surface area contributed by atoms with Gasteiger partial charge in [-0.05, 0) is 39.0 Å². The van der Waals surface area contributed by atoms with Crippen LogP contribution in [0.3, 0.4) is 0 Å². The number of carboxylic acid groups (broad SMARTS) is 1. The lowest BCUT2D eigenvalue weighted by atomic mass is 9.81. The number of nitrogens with zero attached hydrogens (tertiary/aromatic N) is 1. The van der Waals surface area contributed by atoms with Gasteiger partial charge in [-0.1, -0.05) is 12.2 Å². The topological polar surface area (TPSA) is 66.8 Å². The van der Waals surface area contributed by atoms with Crippen molar-refractivity contribution >= 4 is 11.9 Å². The quantitative estimate of drug-likeness (QED) is 0.784. The number of amides is 1. The Hall–Kier alpha value is -1.36. The van der Waals surface area contributed by atoms with Crippen LogP contribution in [0.4, 0.5) is 0 Å². The lowest BCUT2D eigenvalue weighted by molar-refractivity contribution is -0.166. The van der Waals surface area contributed by atoms with Crippen LogP contribution in [0.2, 0.25) is 0 Å². The molecule has 5 atom stereocenters. The summed E-state index contributed by atoms with van der Waals surface area (Å²) in [5.41, 5.74) is -0.375. The molecule has 3 rings (SSSR count). The molecule has 2 aliphatic carbocycles. The van der Waals surface area contributed by atoms with Crippen LogP contribution in [0.1, 0.15) is 27.2 Å². The highest BCUT2D eigenvalue weighted by atomic mass is 16.5. The number of hydrogen-bond acceptors (Lipinski definition) is 3. The van der Waals surface area contributed by atoms with E-state index in [0.29, 0.717) is 13.1 Å². The van der Waals surface area contributed by atoms with Crippen LogP contribution >= 0.6 is 0 Å². The predicted octanol–water partition coefficient (Wildman–Crippen LogP) is 1.54. The van der Waals surface area contributed by atoms with E-state index in [2.05, 4.69) is 0 Å². The molecule has 2 fully saturated rings. The first-order valence-electron chi connectivity index (χ1n) is 7.66. The summed E-state index contributed by atoms with van der Waals surface area (Å²) in [6.45, 7) is 6.97. The molecule has 1 saturated carbocycles. The average Bonchev–Trinajstić information content (AvgIpc) is 2.95. The Morgan fingerprint density at radius 3 is 2.43 bits per heavy atom. The number of morpholine rings is 1. The minimum atomic E-state index is -0.842. The molecule has 5 unspecified atom stereocenters. The van der Waals surface area contributed by atoms with E-state index in [0.717, 1.165) is 6.42 Å². The average molecular weight is 293 g/mol. The molecule has 1 heterocycles. The van der Waals surface area contributed by atoms with E-state index in [-0.39, 0.29) is 29.4 Å². The lowest BCUT2D eigenvalue weighted by Crippen LogP contribution is -2.56. The standard InChI is InChI=1S/C16H23NO4/c1-9-7-17(8-16(2,3)21-9)14(18)12-10-4-5-11(6-10)13(12)15(19)20/h4-5,9-13H,6-8H2,1-3H3,(H,19,20). The number of carbonyl (C=O) groups excluding carboxylic acids is 1. The second-order valence-electron chi connectivity index (χ2n) is 7.25. The molecule has 0 aromatic heterocycles. The van der Waals surface area contributed by atoms with E-state index >= 15 is 0 Å². The van der Waals surface area contributed by atoms with E-state index in [1.165, 1.54) is 0 Å². The highest BCUT2D eigenvalue weighted by Gasteiger charge is 2.53. The Morgan fingerprint density at radius 1 is 1.24 bits per heavy atom. The summed E-state index contributed by atoms with van der Waals surface area (Å²) < 4.78 is 5.83. The van der Waals surface area contributed by atoms with Gasteiger partial charge in [-0.2, -0.15) is 0 Å².